The molecule has 0 aliphatic rings. The molecule has 0 bridgehead atoms. The van der Waals surface area contributed by atoms with Gasteiger partial charge in [0.05, 0.1) is 10.7 Å². The topological polar surface area (TPSA) is 55.1 Å². The van der Waals surface area contributed by atoms with Gasteiger partial charge in [-0.15, -0.1) is 0 Å². The summed E-state index contributed by atoms with van der Waals surface area (Å²) in [4.78, 5) is 11.2. The van der Waals surface area contributed by atoms with Gasteiger partial charge in [-0.2, -0.15) is 0 Å². The van der Waals surface area contributed by atoms with Crippen LogP contribution >= 0.6 is 11.6 Å². The van der Waals surface area contributed by atoms with Crippen molar-refractivity contribution >= 4 is 23.2 Å². The number of anilines is 1. The van der Waals surface area contributed by atoms with E-state index in [0.717, 1.165) is 0 Å². The minimum absolute atomic E-state index is 0.186. The first-order valence-corrected chi connectivity index (χ1v) is 4.88. The molecule has 1 rings (SSSR count). The zero-order valence-electron chi connectivity index (χ0n) is 8.31. The van der Waals surface area contributed by atoms with Gasteiger partial charge in [0.25, 0.3) is 0 Å². The molecule has 3 nitrogen and oxygen atoms in total. The van der Waals surface area contributed by atoms with E-state index in [-0.39, 0.29) is 24.6 Å². The summed E-state index contributed by atoms with van der Waals surface area (Å²) in [6.07, 6.45) is 0.186. The van der Waals surface area contributed by atoms with Gasteiger partial charge in [-0.25, -0.2) is 4.39 Å². The number of nitrogens with one attached hydrogen (secondary N) is 1. The first-order chi connectivity index (χ1) is 7.04. The Hall–Kier alpha value is -1.13. The number of hydrogen-bond donors (Lipinski definition) is 2. The average Bonchev–Trinajstić information content (AvgIpc) is 2.14. The summed E-state index contributed by atoms with van der Waals surface area (Å²) < 4.78 is 13.2. The predicted octanol–water partition coefficient (Wildman–Crippen LogP) is 2.07. The van der Waals surface area contributed by atoms with E-state index in [2.05, 4.69) is 5.32 Å². The first-order valence-electron chi connectivity index (χ1n) is 4.50. The number of benzene rings is 1. The minimum atomic E-state index is -0.401. The van der Waals surface area contributed by atoms with E-state index >= 15 is 0 Å². The molecule has 0 unspecified atom stereocenters. The zero-order chi connectivity index (χ0) is 11.4. The molecule has 0 spiro atoms. The van der Waals surface area contributed by atoms with Gasteiger partial charge in [0, 0.05) is 13.0 Å². The second kappa shape index (κ2) is 5.09. The van der Waals surface area contributed by atoms with Gasteiger partial charge in [0.15, 0.2) is 0 Å². The Morgan fingerprint density at radius 3 is 2.87 bits per heavy atom. The second-order valence-electron chi connectivity index (χ2n) is 3.17. The summed E-state index contributed by atoms with van der Waals surface area (Å²) in [6.45, 7) is 1.85. The Bertz CT molecular complexity index is 382. The lowest BCUT2D eigenvalue weighted by Crippen LogP contribution is -2.16. The Kier molecular flexibility index (Phi) is 4.05. The number of halogens is 2. The smallest absolute Gasteiger partial charge is 0.225 e. The van der Waals surface area contributed by atoms with Crippen LogP contribution in [0.5, 0.6) is 0 Å². The molecule has 0 radical (unpaired) electrons. The summed E-state index contributed by atoms with van der Waals surface area (Å²) >= 11 is 5.83. The monoisotopic (exact) mass is 230 g/mol. The molecule has 1 aromatic rings. The van der Waals surface area contributed by atoms with Crippen LogP contribution in [0, 0.1) is 12.7 Å². The molecule has 0 saturated carbocycles. The van der Waals surface area contributed by atoms with Crippen LogP contribution in [0.15, 0.2) is 12.1 Å². The maximum absolute atomic E-state index is 13.2. The maximum Gasteiger partial charge on any atom is 0.225 e. The average molecular weight is 231 g/mol. The van der Waals surface area contributed by atoms with Crippen molar-refractivity contribution in [1.82, 2.24) is 0 Å². The lowest BCUT2D eigenvalue weighted by atomic mass is 10.2. The number of carbonyl (C=O) groups is 1. The number of amides is 1. The largest absolute Gasteiger partial charge is 0.330 e. The highest BCUT2D eigenvalue weighted by atomic mass is 35.5. The van der Waals surface area contributed by atoms with Gasteiger partial charge >= 0.3 is 0 Å². The standard InChI is InChI=1S/C10H12ClFN2O/c1-6-4-7(11)9(5-8(6)12)14-10(15)2-3-13/h4-5H,2-3,13H2,1H3,(H,14,15). The first kappa shape index (κ1) is 11.9. The van der Waals surface area contributed by atoms with Crippen molar-refractivity contribution in [3.63, 3.8) is 0 Å². The lowest BCUT2D eigenvalue weighted by molar-refractivity contribution is -0.116. The molecule has 82 valence electrons. The van der Waals surface area contributed by atoms with Gasteiger partial charge in [-0.05, 0) is 24.6 Å². The van der Waals surface area contributed by atoms with Crippen molar-refractivity contribution in [2.24, 2.45) is 5.73 Å². The van der Waals surface area contributed by atoms with Crippen LogP contribution in [-0.2, 0) is 4.79 Å². The molecule has 0 aliphatic heterocycles. The van der Waals surface area contributed by atoms with E-state index in [1.165, 1.54) is 12.1 Å². The maximum atomic E-state index is 13.2. The van der Waals surface area contributed by atoms with E-state index in [0.29, 0.717) is 10.6 Å². The third-order valence-electron chi connectivity index (χ3n) is 1.89. The third kappa shape index (κ3) is 3.18. The summed E-state index contributed by atoms with van der Waals surface area (Å²) in [5, 5.41) is 2.81. The Morgan fingerprint density at radius 2 is 2.27 bits per heavy atom. The van der Waals surface area contributed by atoms with E-state index < -0.39 is 5.82 Å². The third-order valence-corrected chi connectivity index (χ3v) is 2.21. The van der Waals surface area contributed by atoms with Gasteiger partial charge in [-0.1, -0.05) is 11.6 Å². The molecule has 0 saturated heterocycles. The fourth-order valence-electron chi connectivity index (χ4n) is 1.09. The van der Waals surface area contributed by atoms with Gasteiger partial charge in [-0.3, -0.25) is 4.79 Å². The zero-order valence-corrected chi connectivity index (χ0v) is 9.07. The van der Waals surface area contributed by atoms with Crippen LogP contribution in [0.3, 0.4) is 0 Å². The van der Waals surface area contributed by atoms with Crippen LogP contribution in [-0.4, -0.2) is 12.5 Å². The highest BCUT2D eigenvalue weighted by Gasteiger charge is 2.08. The SMILES string of the molecule is Cc1cc(Cl)c(NC(=O)CCN)cc1F. The normalized spacial score (nSPS) is 10.1. The highest BCUT2D eigenvalue weighted by Crippen LogP contribution is 2.25. The molecule has 1 amide bonds. The van der Waals surface area contributed by atoms with E-state index in [1.54, 1.807) is 6.92 Å². The molecular weight excluding hydrogens is 219 g/mol. The Labute approximate surface area is 92.4 Å². The molecular formula is C10H12ClFN2O. The van der Waals surface area contributed by atoms with E-state index in [4.69, 9.17) is 17.3 Å². The van der Waals surface area contributed by atoms with E-state index in [9.17, 15) is 9.18 Å². The molecule has 0 atom stereocenters. The molecule has 5 heteroatoms. The quantitative estimate of drug-likeness (QED) is 0.835. The number of carbonyl (C=O) groups excluding carboxylic acids is 1. The van der Waals surface area contributed by atoms with Gasteiger partial charge < -0.3 is 11.1 Å². The fourth-order valence-corrected chi connectivity index (χ4v) is 1.35. The molecule has 0 aromatic heterocycles. The van der Waals surface area contributed by atoms with Crippen molar-refractivity contribution in [1.29, 1.82) is 0 Å². The van der Waals surface area contributed by atoms with E-state index in [1.807, 2.05) is 0 Å². The van der Waals surface area contributed by atoms with Crippen LogP contribution in [0.1, 0.15) is 12.0 Å². The van der Waals surface area contributed by atoms with Crippen LogP contribution < -0.4 is 11.1 Å². The summed E-state index contributed by atoms with van der Waals surface area (Å²) in [5.41, 5.74) is 5.92. The van der Waals surface area contributed by atoms with Crippen LogP contribution in [0.2, 0.25) is 5.02 Å². The molecule has 0 aliphatic carbocycles. The predicted molar refractivity (Wildman–Crippen MR) is 58.4 cm³/mol. The Balaban J connectivity index is 2.86. The number of rotatable bonds is 3. The summed E-state index contributed by atoms with van der Waals surface area (Å²) in [5.74, 6) is -0.676. The van der Waals surface area contributed by atoms with Crippen molar-refractivity contribution in [2.45, 2.75) is 13.3 Å². The second-order valence-corrected chi connectivity index (χ2v) is 3.58. The number of aryl methyl sites for hydroxylation is 1. The minimum Gasteiger partial charge on any atom is -0.330 e. The molecule has 0 fully saturated rings. The lowest BCUT2D eigenvalue weighted by Gasteiger charge is -2.08. The van der Waals surface area contributed by atoms with Crippen molar-refractivity contribution in [3.05, 3.63) is 28.5 Å². The highest BCUT2D eigenvalue weighted by molar-refractivity contribution is 6.33. The summed E-state index contributed by atoms with van der Waals surface area (Å²) in [6, 6.07) is 2.67. The molecule has 0 heterocycles. The summed E-state index contributed by atoms with van der Waals surface area (Å²) in [7, 11) is 0. The molecule has 1 aromatic carbocycles. The fraction of sp³-hybridized carbons (Fsp3) is 0.300. The molecule has 3 N–H and O–H groups in total. The van der Waals surface area contributed by atoms with Crippen LogP contribution in [0.4, 0.5) is 10.1 Å². The van der Waals surface area contributed by atoms with Crippen LogP contribution in [0.25, 0.3) is 0 Å². The van der Waals surface area contributed by atoms with Gasteiger partial charge in [0.2, 0.25) is 5.91 Å². The number of hydrogen-bond acceptors (Lipinski definition) is 2. The van der Waals surface area contributed by atoms with Crippen molar-refractivity contribution in [3.8, 4) is 0 Å². The number of nitrogens with two attached hydrogens (primary N) is 1. The van der Waals surface area contributed by atoms with Crippen molar-refractivity contribution < 1.29 is 9.18 Å². The van der Waals surface area contributed by atoms with Gasteiger partial charge in [0.1, 0.15) is 5.82 Å². The van der Waals surface area contributed by atoms with Crippen molar-refractivity contribution in [2.75, 3.05) is 11.9 Å². The Morgan fingerprint density at radius 1 is 1.60 bits per heavy atom. The molecule has 15 heavy (non-hydrogen) atoms.